The van der Waals surface area contributed by atoms with Crippen LogP contribution >= 0.6 is 27.5 Å². The van der Waals surface area contributed by atoms with Gasteiger partial charge >= 0.3 is 0 Å². The molecular weight excluding hydrogens is 308 g/mol. The van der Waals surface area contributed by atoms with Crippen molar-refractivity contribution in [3.63, 3.8) is 0 Å². The van der Waals surface area contributed by atoms with Crippen LogP contribution < -0.4 is 10.5 Å². The van der Waals surface area contributed by atoms with Gasteiger partial charge in [-0.15, -0.1) is 0 Å². The zero-order valence-electron chi connectivity index (χ0n) is 8.58. The maximum atomic E-state index is 13.1. The largest absolute Gasteiger partial charge is 0.456 e. The van der Waals surface area contributed by atoms with Crippen molar-refractivity contribution in [2.75, 3.05) is 5.73 Å². The lowest BCUT2D eigenvalue weighted by molar-refractivity contribution is 0.477. The average Bonchev–Trinajstić information content (AvgIpc) is 2.22. The number of anilines is 1. The Morgan fingerprint density at radius 3 is 2.65 bits per heavy atom. The van der Waals surface area contributed by atoms with Gasteiger partial charge in [0.1, 0.15) is 17.3 Å². The van der Waals surface area contributed by atoms with E-state index in [9.17, 15) is 4.39 Å². The molecule has 0 aliphatic carbocycles. The Kier molecular flexibility index (Phi) is 3.54. The van der Waals surface area contributed by atoms with Crippen molar-refractivity contribution >= 4 is 33.2 Å². The predicted molar refractivity (Wildman–Crippen MR) is 70.0 cm³/mol. The summed E-state index contributed by atoms with van der Waals surface area (Å²) in [5.74, 6) is 0.291. The van der Waals surface area contributed by atoms with Crippen molar-refractivity contribution in [2.24, 2.45) is 0 Å². The van der Waals surface area contributed by atoms with Gasteiger partial charge in [-0.05, 0) is 24.3 Å². The minimum Gasteiger partial charge on any atom is -0.456 e. The fourth-order valence-corrected chi connectivity index (χ4v) is 1.82. The number of nitrogen functional groups attached to an aromatic ring is 1. The number of halogens is 3. The summed E-state index contributed by atoms with van der Waals surface area (Å²) in [4.78, 5) is 0. The molecule has 0 spiro atoms. The quantitative estimate of drug-likeness (QED) is 0.821. The van der Waals surface area contributed by atoms with Gasteiger partial charge in [0.05, 0.1) is 5.02 Å². The van der Waals surface area contributed by atoms with Gasteiger partial charge in [-0.1, -0.05) is 27.5 Å². The van der Waals surface area contributed by atoms with E-state index in [0.717, 1.165) is 4.47 Å². The number of ether oxygens (including phenoxy) is 1. The second kappa shape index (κ2) is 4.94. The summed E-state index contributed by atoms with van der Waals surface area (Å²) in [6.45, 7) is 0. The maximum Gasteiger partial charge on any atom is 0.147 e. The molecule has 0 aliphatic heterocycles. The molecule has 0 saturated heterocycles. The fourth-order valence-electron chi connectivity index (χ4n) is 1.33. The van der Waals surface area contributed by atoms with E-state index in [1.807, 2.05) is 0 Å². The molecule has 0 atom stereocenters. The van der Waals surface area contributed by atoms with Gasteiger partial charge in [0, 0.05) is 22.3 Å². The highest BCUT2D eigenvalue weighted by molar-refractivity contribution is 9.10. The number of benzene rings is 2. The Labute approximate surface area is 111 Å². The molecule has 0 radical (unpaired) electrons. The van der Waals surface area contributed by atoms with Gasteiger partial charge in [0.15, 0.2) is 0 Å². The van der Waals surface area contributed by atoms with Crippen molar-refractivity contribution in [2.45, 2.75) is 0 Å². The van der Waals surface area contributed by atoms with Crippen LogP contribution in [0.15, 0.2) is 40.9 Å². The Hall–Kier alpha value is -1.26. The molecule has 88 valence electrons. The third kappa shape index (κ3) is 3.11. The Balaban J connectivity index is 2.34. The highest BCUT2D eigenvalue weighted by atomic mass is 79.9. The molecular formula is C12H8BrClFNO. The first-order valence-electron chi connectivity index (χ1n) is 4.73. The van der Waals surface area contributed by atoms with Crippen LogP contribution in [0.2, 0.25) is 5.02 Å². The van der Waals surface area contributed by atoms with Crippen LogP contribution in [0, 0.1) is 5.82 Å². The molecule has 2 aromatic carbocycles. The molecule has 2 nitrogen and oxygen atoms in total. The first kappa shape index (κ1) is 12.2. The number of hydrogen-bond donors (Lipinski definition) is 1. The van der Waals surface area contributed by atoms with Gasteiger partial charge in [0.2, 0.25) is 0 Å². The zero-order chi connectivity index (χ0) is 12.4. The van der Waals surface area contributed by atoms with E-state index in [4.69, 9.17) is 22.1 Å². The molecule has 0 amide bonds. The first-order chi connectivity index (χ1) is 8.04. The lowest BCUT2D eigenvalue weighted by Gasteiger charge is -2.08. The van der Waals surface area contributed by atoms with Crippen LogP contribution in [-0.4, -0.2) is 0 Å². The number of hydrogen-bond acceptors (Lipinski definition) is 2. The zero-order valence-corrected chi connectivity index (χ0v) is 10.9. The normalized spacial score (nSPS) is 10.3. The van der Waals surface area contributed by atoms with Gasteiger partial charge in [-0.2, -0.15) is 0 Å². The van der Waals surface area contributed by atoms with E-state index in [-0.39, 0.29) is 0 Å². The third-order valence-electron chi connectivity index (χ3n) is 2.01. The van der Waals surface area contributed by atoms with Crippen molar-refractivity contribution in [3.8, 4) is 11.5 Å². The van der Waals surface area contributed by atoms with Crippen LogP contribution in [0.25, 0.3) is 0 Å². The lowest BCUT2D eigenvalue weighted by Crippen LogP contribution is -1.90. The molecule has 2 aromatic rings. The number of nitrogens with two attached hydrogens (primary N) is 1. The van der Waals surface area contributed by atoms with Crippen molar-refractivity contribution < 1.29 is 9.13 Å². The summed E-state index contributed by atoms with van der Waals surface area (Å²) in [5, 5.41) is 0.441. The van der Waals surface area contributed by atoms with Crippen molar-refractivity contribution in [3.05, 3.63) is 51.7 Å². The molecule has 5 heteroatoms. The minimum atomic E-state index is -0.453. The molecule has 2 rings (SSSR count). The van der Waals surface area contributed by atoms with Crippen molar-refractivity contribution in [1.82, 2.24) is 0 Å². The first-order valence-corrected chi connectivity index (χ1v) is 5.90. The Bertz CT molecular complexity index is 542. The van der Waals surface area contributed by atoms with Gasteiger partial charge in [-0.3, -0.25) is 0 Å². The molecule has 0 heterocycles. The number of rotatable bonds is 2. The van der Waals surface area contributed by atoms with Crippen LogP contribution in [-0.2, 0) is 0 Å². The lowest BCUT2D eigenvalue weighted by atomic mass is 10.3. The Morgan fingerprint density at radius 2 is 1.94 bits per heavy atom. The minimum absolute atomic E-state index is 0.297. The molecule has 0 saturated carbocycles. The van der Waals surface area contributed by atoms with Crippen LogP contribution in [0.4, 0.5) is 10.1 Å². The third-order valence-corrected chi connectivity index (χ3v) is 2.82. The predicted octanol–water partition coefficient (Wildman–Crippen LogP) is 4.62. The van der Waals surface area contributed by atoms with E-state index in [1.54, 1.807) is 18.2 Å². The standard InChI is InChI=1S/C12H8BrClFNO/c13-7-1-2-11(14)12(3-7)17-10-5-8(15)4-9(16)6-10/h1-6H,16H2. The van der Waals surface area contributed by atoms with Crippen molar-refractivity contribution in [1.29, 1.82) is 0 Å². The summed E-state index contributed by atoms with van der Waals surface area (Å²) in [7, 11) is 0. The molecule has 0 aliphatic rings. The van der Waals surface area contributed by atoms with Gasteiger partial charge < -0.3 is 10.5 Å². The van der Waals surface area contributed by atoms with E-state index < -0.39 is 5.82 Å². The highest BCUT2D eigenvalue weighted by Gasteiger charge is 2.06. The van der Waals surface area contributed by atoms with E-state index >= 15 is 0 Å². The van der Waals surface area contributed by atoms with E-state index in [1.165, 1.54) is 18.2 Å². The molecule has 17 heavy (non-hydrogen) atoms. The topological polar surface area (TPSA) is 35.2 Å². The summed E-state index contributed by atoms with van der Waals surface area (Å²) >= 11 is 9.26. The SMILES string of the molecule is Nc1cc(F)cc(Oc2cc(Br)ccc2Cl)c1. The summed E-state index contributed by atoms with van der Waals surface area (Å²) in [5.41, 5.74) is 5.82. The highest BCUT2D eigenvalue weighted by Crippen LogP contribution is 2.32. The van der Waals surface area contributed by atoms with Crippen LogP contribution in [0.5, 0.6) is 11.5 Å². The molecule has 0 aromatic heterocycles. The smallest absolute Gasteiger partial charge is 0.147 e. The second-order valence-electron chi connectivity index (χ2n) is 3.40. The van der Waals surface area contributed by atoms with Crippen LogP contribution in [0.3, 0.4) is 0 Å². The molecule has 0 fully saturated rings. The maximum absolute atomic E-state index is 13.1. The molecule has 0 unspecified atom stereocenters. The van der Waals surface area contributed by atoms with E-state index in [2.05, 4.69) is 15.9 Å². The van der Waals surface area contributed by atoms with E-state index in [0.29, 0.717) is 22.2 Å². The summed E-state index contributed by atoms with van der Waals surface area (Å²) in [6, 6.07) is 9.16. The fraction of sp³-hybridized carbons (Fsp3) is 0. The van der Waals surface area contributed by atoms with Crippen LogP contribution in [0.1, 0.15) is 0 Å². The summed E-state index contributed by atoms with van der Waals surface area (Å²) < 4.78 is 19.4. The Morgan fingerprint density at radius 1 is 1.18 bits per heavy atom. The van der Waals surface area contributed by atoms with Gasteiger partial charge in [-0.25, -0.2) is 4.39 Å². The molecule has 0 bridgehead atoms. The monoisotopic (exact) mass is 315 g/mol. The molecule has 2 N–H and O–H groups in total. The summed E-state index contributed by atoms with van der Waals surface area (Å²) in [6.07, 6.45) is 0. The van der Waals surface area contributed by atoms with Gasteiger partial charge in [0.25, 0.3) is 0 Å². The second-order valence-corrected chi connectivity index (χ2v) is 4.72. The average molecular weight is 317 g/mol.